The van der Waals surface area contributed by atoms with Gasteiger partial charge in [-0.15, -0.1) is 0 Å². The zero-order chi connectivity index (χ0) is 23.6. The van der Waals surface area contributed by atoms with Crippen LogP contribution in [0, 0.1) is 20.8 Å². The monoisotopic (exact) mass is 466 g/mol. The summed E-state index contributed by atoms with van der Waals surface area (Å²) in [7, 11) is -2.82. The van der Waals surface area contributed by atoms with Gasteiger partial charge in [-0.1, -0.05) is 6.07 Å². The summed E-state index contributed by atoms with van der Waals surface area (Å²) in [6.45, 7) is 3.96. The van der Waals surface area contributed by atoms with Gasteiger partial charge in [-0.3, -0.25) is 10.0 Å². The summed E-state index contributed by atoms with van der Waals surface area (Å²) in [6.07, 6.45) is 0. The van der Waals surface area contributed by atoms with Crippen LogP contribution in [0.25, 0.3) is 0 Å². The lowest BCUT2D eigenvalue weighted by Gasteiger charge is -2.30. The number of nitrogens with one attached hydrogen (secondary N) is 1. The van der Waals surface area contributed by atoms with Crippen molar-refractivity contribution in [2.45, 2.75) is 38.3 Å². The number of aliphatic hydroxyl groups excluding tert-OH is 1. The van der Waals surface area contributed by atoms with Gasteiger partial charge in [0.1, 0.15) is 11.8 Å². The Hall–Kier alpha value is -2.86. The first-order valence-corrected chi connectivity index (χ1v) is 11.2. The molecule has 0 aliphatic carbocycles. The molecule has 2 aromatic rings. The second-order valence-electron chi connectivity index (χ2n) is 7.39. The molecule has 0 aromatic heterocycles. The first kappa shape index (κ1) is 23.8. The lowest BCUT2D eigenvalue weighted by Crippen LogP contribution is -2.50. The molecule has 3 rings (SSSR count). The van der Waals surface area contributed by atoms with E-state index >= 15 is 0 Å². The van der Waals surface area contributed by atoms with Crippen molar-refractivity contribution in [2.75, 3.05) is 20.5 Å². The quantitative estimate of drug-likeness (QED) is 0.393. The molecule has 1 amide bonds. The van der Waals surface area contributed by atoms with Crippen molar-refractivity contribution in [1.82, 2.24) is 9.79 Å². The van der Waals surface area contributed by atoms with Crippen molar-refractivity contribution in [2.24, 2.45) is 0 Å². The summed E-state index contributed by atoms with van der Waals surface area (Å²) >= 11 is 0. The maximum absolute atomic E-state index is 13.8. The third kappa shape index (κ3) is 4.24. The number of hydroxylamine groups is 1. The molecule has 3 N–H and O–H groups in total. The minimum absolute atomic E-state index is 0.000679. The Morgan fingerprint density at radius 1 is 1.19 bits per heavy atom. The minimum atomic E-state index is -4.31. The van der Waals surface area contributed by atoms with Crippen LogP contribution in [0.4, 0.5) is 0 Å². The number of benzene rings is 2. The van der Waals surface area contributed by atoms with E-state index in [4.69, 9.17) is 19.4 Å². The average Bonchev–Trinajstić information content (AvgIpc) is 3.23. The number of nitrogens with zero attached hydrogens (tertiary/aromatic N) is 1. The number of carbonyl (C=O) groups excluding carboxylic acids is 1. The third-order valence-corrected chi connectivity index (χ3v) is 7.62. The number of hydrogen-bond donors (Lipinski definition) is 3. The molecule has 0 fully saturated rings. The first-order valence-electron chi connectivity index (χ1n) is 9.75. The fourth-order valence-corrected chi connectivity index (χ4v) is 5.77. The highest BCUT2D eigenvalue weighted by molar-refractivity contribution is 7.89. The summed E-state index contributed by atoms with van der Waals surface area (Å²) in [6, 6.07) is 4.91. The topological polar surface area (TPSA) is 135 Å². The second kappa shape index (κ2) is 9.33. The van der Waals surface area contributed by atoms with Gasteiger partial charge in [0.2, 0.25) is 16.8 Å². The van der Waals surface area contributed by atoms with Crippen LogP contribution in [-0.2, 0) is 21.4 Å². The molecule has 0 unspecified atom stereocenters. The van der Waals surface area contributed by atoms with Gasteiger partial charge in [-0.25, -0.2) is 13.9 Å². The zero-order valence-corrected chi connectivity index (χ0v) is 19.0. The highest BCUT2D eigenvalue weighted by Gasteiger charge is 2.38. The Morgan fingerprint density at radius 3 is 2.50 bits per heavy atom. The fraction of sp³-hybridized carbons (Fsp3) is 0.381. The van der Waals surface area contributed by atoms with Gasteiger partial charge in [0, 0.05) is 6.54 Å². The van der Waals surface area contributed by atoms with Crippen molar-refractivity contribution in [3.05, 3.63) is 46.5 Å². The summed E-state index contributed by atoms with van der Waals surface area (Å²) in [5.74, 6) is 0.442. The number of sulfonamides is 1. The molecule has 10 nitrogen and oxygen atoms in total. The lowest BCUT2D eigenvalue weighted by atomic mass is 10.1. The Labute approximate surface area is 186 Å². The van der Waals surface area contributed by atoms with Crippen molar-refractivity contribution in [3.8, 4) is 17.2 Å². The summed E-state index contributed by atoms with van der Waals surface area (Å²) in [5, 5.41) is 19.0. The van der Waals surface area contributed by atoms with Gasteiger partial charge in [0.15, 0.2) is 11.5 Å². The molecule has 0 saturated carbocycles. The van der Waals surface area contributed by atoms with E-state index in [1.165, 1.54) is 12.6 Å². The van der Waals surface area contributed by atoms with Crippen LogP contribution >= 0.6 is 0 Å². The average molecular weight is 467 g/mol. The molecule has 1 heterocycles. The second-order valence-corrected chi connectivity index (χ2v) is 9.21. The van der Waals surface area contributed by atoms with Gasteiger partial charge in [0.25, 0.3) is 5.91 Å². The number of carbonyl (C=O) groups is 1. The van der Waals surface area contributed by atoms with Gasteiger partial charge in [-0.05, 0) is 61.2 Å². The molecular formula is C21H26N2O8S. The third-order valence-electron chi connectivity index (χ3n) is 5.47. The number of methoxy groups -OCH3 is 1. The Kier molecular flexibility index (Phi) is 6.94. The van der Waals surface area contributed by atoms with E-state index in [-0.39, 0.29) is 18.2 Å². The van der Waals surface area contributed by atoms with Crippen molar-refractivity contribution in [1.29, 1.82) is 0 Å². The predicted molar refractivity (Wildman–Crippen MR) is 113 cm³/mol. The molecule has 1 aliphatic rings. The number of aryl methyl sites for hydroxylation is 1. The lowest BCUT2D eigenvalue weighted by molar-refractivity contribution is -0.134. The van der Waals surface area contributed by atoms with Crippen LogP contribution in [-0.4, -0.2) is 55.5 Å². The first-order chi connectivity index (χ1) is 15.1. The van der Waals surface area contributed by atoms with Gasteiger partial charge in [0.05, 0.1) is 18.6 Å². The summed E-state index contributed by atoms with van der Waals surface area (Å²) < 4.78 is 44.5. The molecule has 0 bridgehead atoms. The Morgan fingerprint density at radius 2 is 1.88 bits per heavy atom. The Bertz CT molecular complexity index is 1130. The van der Waals surface area contributed by atoms with Crippen molar-refractivity contribution >= 4 is 15.9 Å². The SMILES string of the molecule is COc1cc(C)c(S(=O)(=O)N(Cc2ccc3c(c2)OCO3)[C@H](CO)C(=O)NO)c(C)c1C. The maximum Gasteiger partial charge on any atom is 0.264 e. The minimum Gasteiger partial charge on any atom is -0.496 e. The largest absolute Gasteiger partial charge is 0.496 e. The van der Waals surface area contributed by atoms with Crippen LogP contribution in [0.15, 0.2) is 29.2 Å². The van der Waals surface area contributed by atoms with Crippen LogP contribution in [0.1, 0.15) is 22.3 Å². The van der Waals surface area contributed by atoms with Crippen LogP contribution in [0.5, 0.6) is 17.2 Å². The van der Waals surface area contributed by atoms with Crippen LogP contribution < -0.4 is 19.7 Å². The van der Waals surface area contributed by atoms with E-state index in [2.05, 4.69) is 0 Å². The highest BCUT2D eigenvalue weighted by atomic mass is 32.2. The van der Waals surface area contributed by atoms with E-state index in [0.717, 1.165) is 4.31 Å². The summed E-state index contributed by atoms with van der Waals surface area (Å²) in [4.78, 5) is 12.3. The van der Waals surface area contributed by atoms with Crippen LogP contribution in [0.3, 0.4) is 0 Å². The van der Waals surface area contributed by atoms with E-state index < -0.39 is 28.6 Å². The van der Waals surface area contributed by atoms with Crippen LogP contribution in [0.2, 0.25) is 0 Å². The van der Waals surface area contributed by atoms with Gasteiger partial charge < -0.3 is 19.3 Å². The smallest absolute Gasteiger partial charge is 0.264 e. The van der Waals surface area contributed by atoms with Crippen molar-refractivity contribution < 1.29 is 37.7 Å². The predicted octanol–water partition coefficient (Wildman–Crippen LogP) is 1.41. The molecule has 0 saturated heterocycles. The molecule has 0 spiro atoms. The van der Waals surface area contributed by atoms with E-state index in [0.29, 0.717) is 39.5 Å². The molecule has 2 aromatic carbocycles. The van der Waals surface area contributed by atoms with E-state index in [1.54, 1.807) is 45.0 Å². The number of aliphatic hydroxyl groups is 1. The maximum atomic E-state index is 13.8. The molecule has 11 heteroatoms. The molecule has 1 atom stereocenters. The standard InChI is InChI=1S/C21H26N2O8S/c1-12-7-18(29-4)13(2)14(3)20(12)32(27,28)23(16(10-24)21(25)22-26)9-15-5-6-17-19(8-15)31-11-30-17/h5-8,16,24,26H,9-11H2,1-4H3,(H,22,25)/t16-/m1/s1. The Balaban J connectivity index is 2.14. The number of ether oxygens (including phenoxy) is 3. The molecule has 0 radical (unpaired) electrons. The normalized spacial score (nSPS) is 13.8. The van der Waals surface area contributed by atoms with E-state index in [1.807, 2.05) is 0 Å². The molecule has 32 heavy (non-hydrogen) atoms. The molecule has 1 aliphatic heterocycles. The van der Waals surface area contributed by atoms with E-state index in [9.17, 15) is 18.3 Å². The molecular weight excluding hydrogens is 440 g/mol. The zero-order valence-electron chi connectivity index (χ0n) is 18.2. The highest BCUT2D eigenvalue weighted by Crippen LogP contribution is 2.36. The van der Waals surface area contributed by atoms with Gasteiger partial charge >= 0.3 is 0 Å². The summed E-state index contributed by atoms with van der Waals surface area (Å²) in [5.41, 5.74) is 3.45. The number of amides is 1. The fourth-order valence-electron chi connectivity index (χ4n) is 3.71. The number of rotatable bonds is 8. The van der Waals surface area contributed by atoms with Gasteiger partial charge in [-0.2, -0.15) is 4.31 Å². The molecule has 174 valence electrons. The number of fused-ring (bicyclic) bond motifs is 1. The van der Waals surface area contributed by atoms with Crippen molar-refractivity contribution in [3.63, 3.8) is 0 Å². The number of hydrogen-bond acceptors (Lipinski definition) is 8.